The van der Waals surface area contributed by atoms with Gasteiger partial charge in [-0.05, 0) is 44.9 Å². The molecule has 0 aromatic heterocycles. The number of amides is 1. The van der Waals surface area contributed by atoms with Crippen molar-refractivity contribution in [3.05, 3.63) is 35.1 Å². The topological polar surface area (TPSA) is 46.6 Å². The SMILES string of the molecule is CC(C)(C)OC(=O)N1CC2(Cc3ccc(F)cc3C2=O)C1. The number of benzene rings is 1. The zero-order valence-electron chi connectivity index (χ0n) is 12.4. The van der Waals surface area contributed by atoms with Gasteiger partial charge < -0.3 is 9.64 Å². The molecule has 0 radical (unpaired) electrons. The number of Topliss-reactive ketones (excluding diaryl/α,β-unsaturated/α-hetero) is 1. The van der Waals surface area contributed by atoms with Crippen molar-refractivity contribution >= 4 is 11.9 Å². The average molecular weight is 291 g/mol. The molecule has 2 aliphatic rings. The van der Waals surface area contributed by atoms with Gasteiger partial charge in [-0.25, -0.2) is 9.18 Å². The molecule has 1 spiro atoms. The lowest BCUT2D eigenvalue weighted by atomic mass is 9.76. The van der Waals surface area contributed by atoms with Gasteiger partial charge in [0.2, 0.25) is 0 Å². The molecule has 1 aliphatic carbocycles. The van der Waals surface area contributed by atoms with Crippen LogP contribution in [0.1, 0.15) is 36.7 Å². The van der Waals surface area contributed by atoms with Gasteiger partial charge in [-0.15, -0.1) is 0 Å². The minimum Gasteiger partial charge on any atom is -0.444 e. The third kappa shape index (κ3) is 2.30. The van der Waals surface area contributed by atoms with E-state index in [1.807, 2.05) is 0 Å². The summed E-state index contributed by atoms with van der Waals surface area (Å²) in [4.78, 5) is 25.9. The van der Waals surface area contributed by atoms with Gasteiger partial charge >= 0.3 is 6.09 Å². The lowest BCUT2D eigenvalue weighted by molar-refractivity contribution is -0.0225. The third-order valence-electron chi connectivity index (χ3n) is 3.97. The van der Waals surface area contributed by atoms with Crippen LogP contribution in [0, 0.1) is 11.2 Å². The zero-order valence-corrected chi connectivity index (χ0v) is 12.4. The lowest BCUT2D eigenvalue weighted by Gasteiger charge is -2.46. The summed E-state index contributed by atoms with van der Waals surface area (Å²) in [7, 11) is 0. The molecule has 1 aliphatic heterocycles. The monoisotopic (exact) mass is 291 g/mol. The second-order valence-corrected chi connectivity index (χ2v) is 6.92. The molecular weight excluding hydrogens is 273 g/mol. The van der Waals surface area contributed by atoms with Gasteiger partial charge in [0.05, 0.1) is 5.41 Å². The molecule has 1 saturated heterocycles. The molecule has 1 heterocycles. The Bertz CT molecular complexity index is 627. The standard InChI is InChI=1S/C16H18FNO3/c1-15(2,3)21-14(20)18-8-16(9-18)7-10-4-5-11(17)6-12(10)13(16)19/h4-6H,7-9H2,1-3H3. The second kappa shape index (κ2) is 4.29. The number of likely N-dealkylation sites (tertiary alicyclic amines) is 1. The molecule has 21 heavy (non-hydrogen) atoms. The van der Waals surface area contributed by atoms with Crippen molar-refractivity contribution in [1.29, 1.82) is 0 Å². The number of fused-ring (bicyclic) bond motifs is 1. The van der Waals surface area contributed by atoms with Gasteiger partial charge in [-0.1, -0.05) is 6.07 Å². The van der Waals surface area contributed by atoms with Crippen LogP contribution < -0.4 is 0 Å². The van der Waals surface area contributed by atoms with Crippen LogP contribution in [-0.4, -0.2) is 35.5 Å². The summed E-state index contributed by atoms with van der Waals surface area (Å²) in [6.07, 6.45) is 0.170. The molecule has 0 saturated carbocycles. The molecular formula is C16H18FNO3. The Morgan fingerprint density at radius 3 is 2.62 bits per heavy atom. The first-order valence-corrected chi connectivity index (χ1v) is 7.01. The van der Waals surface area contributed by atoms with Crippen LogP contribution in [0.3, 0.4) is 0 Å². The van der Waals surface area contributed by atoms with Crippen LogP contribution in [0.2, 0.25) is 0 Å². The fourth-order valence-electron chi connectivity index (χ4n) is 3.04. The highest BCUT2D eigenvalue weighted by Gasteiger charge is 2.55. The maximum Gasteiger partial charge on any atom is 0.410 e. The molecule has 1 aromatic rings. The largest absolute Gasteiger partial charge is 0.444 e. The Morgan fingerprint density at radius 1 is 1.33 bits per heavy atom. The van der Waals surface area contributed by atoms with E-state index in [4.69, 9.17) is 4.74 Å². The summed E-state index contributed by atoms with van der Waals surface area (Å²) < 4.78 is 18.6. The van der Waals surface area contributed by atoms with Crippen molar-refractivity contribution in [2.24, 2.45) is 5.41 Å². The third-order valence-corrected chi connectivity index (χ3v) is 3.97. The van der Waals surface area contributed by atoms with E-state index in [2.05, 4.69) is 0 Å². The zero-order chi connectivity index (χ0) is 15.4. The highest BCUT2D eigenvalue weighted by Crippen LogP contribution is 2.44. The molecule has 5 heteroatoms. The number of halogens is 1. The van der Waals surface area contributed by atoms with E-state index in [9.17, 15) is 14.0 Å². The number of nitrogens with zero attached hydrogens (tertiary/aromatic N) is 1. The Morgan fingerprint density at radius 2 is 2.00 bits per heavy atom. The van der Waals surface area contributed by atoms with Crippen molar-refractivity contribution in [2.45, 2.75) is 32.8 Å². The van der Waals surface area contributed by atoms with Gasteiger partial charge in [0.1, 0.15) is 11.4 Å². The first-order valence-electron chi connectivity index (χ1n) is 7.01. The molecule has 0 bridgehead atoms. The summed E-state index contributed by atoms with van der Waals surface area (Å²) in [5.41, 5.74) is 0.197. The molecule has 4 nitrogen and oxygen atoms in total. The van der Waals surface area contributed by atoms with Crippen LogP contribution in [0.15, 0.2) is 18.2 Å². The number of carbonyl (C=O) groups is 2. The van der Waals surface area contributed by atoms with Crippen molar-refractivity contribution in [1.82, 2.24) is 4.90 Å². The number of carbonyl (C=O) groups excluding carboxylic acids is 2. The molecule has 1 fully saturated rings. The van der Waals surface area contributed by atoms with Crippen LogP contribution in [0.5, 0.6) is 0 Å². The first-order chi connectivity index (χ1) is 9.70. The van der Waals surface area contributed by atoms with E-state index >= 15 is 0 Å². The molecule has 1 aromatic carbocycles. The predicted octanol–water partition coefficient (Wildman–Crippen LogP) is 2.80. The summed E-state index contributed by atoms with van der Waals surface area (Å²) in [5.74, 6) is -0.459. The summed E-state index contributed by atoms with van der Waals surface area (Å²) in [6.45, 7) is 6.10. The summed E-state index contributed by atoms with van der Waals surface area (Å²) >= 11 is 0. The normalized spacial score (nSPS) is 19.4. The van der Waals surface area contributed by atoms with Gasteiger partial charge in [-0.2, -0.15) is 0 Å². The summed E-state index contributed by atoms with van der Waals surface area (Å²) in [6, 6.07) is 4.32. The van der Waals surface area contributed by atoms with Crippen molar-refractivity contribution < 1.29 is 18.7 Å². The van der Waals surface area contributed by atoms with E-state index in [1.165, 1.54) is 17.0 Å². The molecule has 0 N–H and O–H groups in total. The number of rotatable bonds is 0. The number of ether oxygens (including phenoxy) is 1. The molecule has 1 amide bonds. The van der Waals surface area contributed by atoms with E-state index in [1.54, 1.807) is 26.8 Å². The van der Waals surface area contributed by atoms with Crippen molar-refractivity contribution in [3.8, 4) is 0 Å². The van der Waals surface area contributed by atoms with E-state index in [-0.39, 0.29) is 5.78 Å². The Kier molecular flexibility index (Phi) is 2.87. The lowest BCUT2D eigenvalue weighted by Crippen LogP contribution is -2.62. The second-order valence-electron chi connectivity index (χ2n) is 6.92. The Labute approximate surface area is 122 Å². The highest BCUT2D eigenvalue weighted by molar-refractivity contribution is 6.06. The smallest absolute Gasteiger partial charge is 0.410 e. The van der Waals surface area contributed by atoms with Gasteiger partial charge in [-0.3, -0.25) is 4.79 Å². The van der Waals surface area contributed by atoms with Crippen LogP contribution in [0.4, 0.5) is 9.18 Å². The van der Waals surface area contributed by atoms with Crippen molar-refractivity contribution in [2.75, 3.05) is 13.1 Å². The summed E-state index contributed by atoms with van der Waals surface area (Å²) in [5, 5.41) is 0. The van der Waals surface area contributed by atoms with E-state index in [0.717, 1.165) is 5.56 Å². The Hall–Kier alpha value is -1.91. The quantitative estimate of drug-likeness (QED) is 0.738. The van der Waals surface area contributed by atoms with Crippen LogP contribution in [0.25, 0.3) is 0 Å². The number of hydrogen-bond donors (Lipinski definition) is 0. The minimum atomic E-state index is -0.576. The highest BCUT2D eigenvalue weighted by atomic mass is 19.1. The number of ketones is 1. The predicted molar refractivity (Wildman–Crippen MR) is 74.7 cm³/mol. The number of hydrogen-bond acceptors (Lipinski definition) is 3. The fraction of sp³-hybridized carbons (Fsp3) is 0.500. The van der Waals surface area contributed by atoms with E-state index < -0.39 is 22.9 Å². The maximum absolute atomic E-state index is 13.3. The average Bonchev–Trinajstić information content (AvgIpc) is 2.59. The molecule has 3 rings (SSSR count). The van der Waals surface area contributed by atoms with Gasteiger partial charge in [0, 0.05) is 18.7 Å². The Balaban J connectivity index is 1.72. The molecule has 112 valence electrons. The van der Waals surface area contributed by atoms with E-state index in [0.29, 0.717) is 25.1 Å². The van der Waals surface area contributed by atoms with Crippen LogP contribution >= 0.6 is 0 Å². The minimum absolute atomic E-state index is 0.0585. The molecule has 0 atom stereocenters. The van der Waals surface area contributed by atoms with Gasteiger partial charge in [0.25, 0.3) is 0 Å². The van der Waals surface area contributed by atoms with Gasteiger partial charge in [0.15, 0.2) is 5.78 Å². The first kappa shape index (κ1) is 14.0. The molecule has 0 unspecified atom stereocenters. The van der Waals surface area contributed by atoms with Crippen LogP contribution in [-0.2, 0) is 11.2 Å². The fourth-order valence-corrected chi connectivity index (χ4v) is 3.04. The maximum atomic E-state index is 13.3. The van der Waals surface area contributed by atoms with Crippen molar-refractivity contribution in [3.63, 3.8) is 0 Å².